The number of aliphatic hydroxyl groups is 1. The van der Waals surface area contributed by atoms with Gasteiger partial charge < -0.3 is 9.84 Å². The third kappa shape index (κ3) is 3.25. The number of ether oxygens (including phenoxy) is 1. The van der Waals surface area contributed by atoms with Gasteiger partial charge in [0.15, 0.2) is 0 Å². The second-order valence-electron chi connectivity index (χ2n) is 4.47. The topological polar surface area (TPSA) is 32.7 Å². The zero-order valence-corrected chi connectivity index (χ0v) is 8.92. The molecule has 1 atom stereocenters. The van der Waals surface area contributed by atoms with E-state index in [2.05, 4.69) is 18.7 Å². The van der Waals surface area contributed by atoms with Crippen LogP contribution in [0.15, 0.2) is 0 Å². The van der Waals surface area contributed by atoms with E-state index in [4.69, 9.17) is 4.74 Å². The van der Waals surface area contributed by atoms with Gasteiger partial charge >= 0.3 is 0 Å². The van der Waals surface area contributed by atoms with Gasteiger partial charge in [0.1, 0.15) is 0 Å². The maximum Gasteiger partial charge on any atom is 0.0594 e. The molecule has 1 rings (SSSR count). The highest BCUT2D eigenvalue weighted by Gasteiger charge is 2.29. The third-order valence-corrected chi connectivity index (χ3v) is 2.66. The molecule has 3 nitrogen and oxygen atoms in total. The van der Waals surface area contributed by atoms with Crippen LogP contribution in [-0.4, -0.2) is 48.0 Å². The number of hydrogen-bond acceptors (Lipinski definition) is 3. The minimum absolute atomic E-state index is 0.0952. The molecular weight excluding hydrogens is 166 g/mol. The molecule has 0 amide bonds. The lowest BCUT2D eigenvalue weighted by Gasteiger charge is -2.41. The van der Waals surface area contributed by atoms with Crippen molar-refractivity contribution in [2.45, 2.75) is 38.8 Å². The lowest BCUT2D eigenvalue weighted by atomic mass is 9.94. The Hall–Kier alpha value is -0.120. The molecule has 0 saturated carbocycles. The van der Waals surface area contributed by atoms with Crippen molar-refractivity contribution in [1.82, 2.24) is 4.90 Å². The summed E-state index contributed by atoms with van der Waals surface area (Å²) in [6, 6.07) is 0. The fraction of sp³-hybridized carbons (Fsp3) is 1.00. The molecule has 78 valence electrons. The second kappa shape index (κ2) is 4.40. The first-order chi connectivity index (χ1) is 6.02. The Morgan fingerprint density at radius 2 is 1.92 bits per heavy atom. The monoisotopic (exact) mass is 187 g/mol. The first-order valence-corrected chi connectivity index (χ1v) is 5.03. The first-order valence-electron chi connectivity index (χ1n) is 5.03. The molecule has 3 heteroatoms. The van der Waals surface area contributed by atoms with E-state index in [-0.39, 0.29) is 11.6 Å². The summed E-state index contributed by atoms with van der Waals surface area (Å²) >= 11 is 0. The molecule has 1 heterocycles. The van der Waals surface area contributed by atoms with Crippen LogP contribution >= 0.6 is 0 Å². The molecule has 1 fully saturated rings. The molecule has 1 N–H and O–H groups in total. The van der Waals surface area contributed by atoms with E-state index in [1.165, 1.54) is 0 Å². The molecule has 0 aromatic heterocycles. The van der Waals surface area contributed by atoms with Gasteiger partial charge in [-0.2, -0.15) is 0 Å². The summed E-state index contributed by atoms with van der Waals surface area (Å²) in [5.74, 6) is 0. The van der Waals surface area contributed by atoms with Crippen molar-refractivity contribution in [3.05, 3.63) is 0 Å². The Labute approximate surface area is 80.7 Å². The molecule has 1 aliphatic rings. The molecule has 1 unspecified atom stereocenters. The number of rotatable bonds is 3. The number of hydrogen-bond donors (Lipinski definition) is 1. The van der Waals surface area contributed by atoms with Gasteiger partial charge in [-0.1, -0.05) is 0 Å². The Morgan fingerprint density at radius 3 is 2.38 bits per heavy atom. The van der Waals surface area contributed by atoms with Crippen molar-refractivity contribution in [1.29, 1.82) is 0 Å². The predicted octanol–water partition coefficient (Wildman–Crippen LogP) is 0.868. The van der Waals surface area contributed by atoms with Crippen molar-refractivity contribution in [2.24, 2.45) is 0 Å². The Balaban J connectivity index is 2.45. The highest BCUT2D eigenvalue weighted by atomic mass is 16.5. The van der Waals surface area contributed by atoms with Gasteiger partial charge in [0, 0.05) is 18.6 Å². The van der Waals surface area contributed by atoms with E-state index in [1.807, 2.05) is 6.92 Å². The van der Waals surface area contributed by atoms with Crippen LogP contribution in [0.5, 0.6) is 0 Å². The van der Waals surface area contributed by atoms with E-state index >= 15 is 0 Å². The highest BCUT2D eigenvalue weighted by molar-refractivity contribution is 4.84. The van der Waals surface area contributed by atoms with Crippen LogP contribution in [0.3, 0.4) is 0 Å². The quantitative estimate of drug-likeness (QED) is 0.711. The molecule has 13 heavy (non-hydrogen) atoms. The highest BCUT2D eigenvalue weighted by Crippen LogP contribution is 2.21. The zero-order valence-electron chi connectivity index (χ0n) is 8.92. The molecule has 1 aliphatic heterocycles. The van der Waals surface area contributed by atoms with Crippen LogP contribution in [0.1, 0.15) is 27.2 Å². The Kier molecular flexibility index (Phi) is 3.71. The largest absolute Gasteiger partial charge is 0.393 e. The van der Waals surface area contributed by atoms with Crippen LogP contribution in [0.25, 0.3) is 0 Å². The van der Waals surface area contributed by atoms with Crippen molar-refractivity contribution in [3.63, 3.8) is 0 Å². The van der Waals surface area contributed by atoms with Gasteiger partial charge in [-0.05, 0) is 27.2 Å². The molecule has 0 spiro atoms. The zero-order chi connectivity index (χ0) is 9.90. The maximum absolute atomic E-state index is 9.36. The van der Waals surface area contributed by atoms with Gasteiger partial charge in [0.2, 0.25) is 0 Å². The van der Waals surface area contributed by atoms with E-state index in [1.54, 1.807) is 0 Å². The van der Waals surface area contributed by atoms with Crippen molar-refractivity contribution in [3.8, 4) is 0 Å². The van der Waals surface area contributed by atoms with E-state index < -0.39 is 0 Å². The van der Waals surface area contributed by atoms with Crippen LogP contribution in [0.4, 0.5) is 0 Å². The van der Waals surface area contributed by atoms with Crippen LogP contribution in [-0.2, 0) is 4.74 Å². The van der Waals surface area contributed by atoms with Crippen molar-refractivity contribution in [2.75, 3.05) is 26.3 Å². The van der Waals surface area contributed by atoms with Gasteiger partial charge in [-0.3, -0.25) is 4.90 Å². The average molecular weight is 187 g/mol. The minimum Gasteiger partial charge on any atom is -0.393 e. The smallest absolute Gasteiger partial charge is 0.0594 e. The minimum atomic E-state index is -0.224. The first kappa shape index (κ1) is 11.0. The van der Waals surface area contributed by atoms with Gasteiger partial charge in [-0.25, -0.2) is 0 Å². The van der Waals surface area contributed by atoms with Gasteiger partial charge in [-0.15, -0.1) is 0 Å². The molecule has 0 radical (unpaired) electrons. The number of nitrogens with zero attached hydrogens (tertiary/aromatic N) is 1. The van der Waals surface area contributed by atoms with Crippen molar-refractivity contribution < 1.29 is 9.84 Å². The van der Waals surface area contributed by atoms with Crippen LogP contribution < -0.4 is 0 Å². The van der Waals surface area contributed by atoms with E-state index in [9.17, 15) is 5.11 Å². The van der Waals surface area contributed by atoms with Crippen molar-refractivity contribution >= 4 is 0 Å². The molecule has 0 aromatic rings. The Bertz CT molecular complexity index is 151. The summed E-state index contributed by atoms with van der Waals surface area (Å²) in [6.45, 7) is 9.84. The van der Waals surface area contributed by atoms with Gasteiger partial charge in [0.25, 0.3) is 0 Å². The molecule has 0 aromatic carbocycles. The SMILES string of the molecule is CC(O)CC(C)(C)N1CCOCC1. The maximum atomic E-state index is 9.36. The fourth-order valence-electron chi connectivity index (χ4n) is 2.02. The number of aliphatic hydroxyl groups excluding tert-OH is 1. The van der Waals surface area contributed by atoms with E-state index in [0.717, 1.165) is 32.7 Å². The lowest BCUT2D eigenvalue weighted by molar-refractivity contribution is -0.0252. The van der Waals surface area contributed by atoms with Gasteiger partial charge in [0.05, 0.1) is 19.3 Å². The summed E-state index contributed by atoms with van der Waals surface area (Å²) in [5, 5.41) is 9.36. The molecule has 0 bridgehead atoms. The molecule has 0 aliphatic carbocycles. The normalized spacial score (nSPS) is 23.1. The third-order valence-electron chi connectivity index (χ3n) is 2.66. The van der Waals surface area contributed by atoms with Crippen LogP contribution in [0, 0.1) is 0 Å². The summed E-state index contributed by atoms with van der Waals surface area (Å²) in [6.07, 6.45) is 0.602. The summed E-state index contributed by atoms with van der Waals surface area (Å²) in [4.78, 5) is 2.39. The summed E-state index contributed by atoms with van der Waals surface area (Å²) in [7, 11) is 0. The Morgan fingerprint density at radius 1 is 1.38 bits per heavy atom. The van der Waals surface area contributed by atoms with E-state index in [0.29, 0.717) is 0 Å². The summed E-state index contributed by atoms with van der Waals surface area (Å²) < 4.78 is 5.30. The van der Waals surface area contributed by atoms with Crippen LogP contribution in [0.2, 0.25) is 0 Å². The summed E-state index contributed by atoms with van der Waals surface area (Å²) in [5.41, 5.74) is 0.0952. The standard InChI is InChI=1S/C10H21NO2/c1-9(12)8-10(2,3)11-4-6-13-7-5-11/h9,12H,4-8H2,1-3H3. The number of morpholine rings is 1. The average Bonchev–Trinajstić information content (AvgIpc) is 2.04. The predicted molar refractivity (Wildman–Crippen MR) is 52.8 cm³/mol. The fourth-order valence-corrected chi connectivity index (χ4v) is 2.02. The second-order valence-corrected chi connectivity index (χ2v) is 4.47. The molecule has 1 saturated heterocycles. The molecular formula is C10H21NO2. The lowest BCUT2D eigenvalue weighted by Crippen LogP contribution is -2.51.